The van der Waals surface area contributed by atoms with Crippen molar-refractivity contribution < 1.29 is 22.7 Å². The van der Waals surface area contributed by atoms with Gasteiger partial charge in [-0.2, -0.15) is 18.3 Å². The van der Waals surface area contributed by atoms with Crippen LogP contribution >= 0.6 is 11.3 Å². The third-order valence-corrected chi connectivity index (χ3v) is 7.43. The number of nitrogens with one attached hydrogen (secondary N) is 1. The van der Waals surface area contributed by atoms with E-state index >= 15 is 0 Å². The van der Waals surface area contributed by atoms with Crippen molar-refractivity contribution in [3.63, 3.8) is 0 Å². The van der Waals surface area contributed by atoms with Gasteiger partial charge in [-0.15, -0.1) is 11.3 Å². The van der Waals surface area contributed by atoms with Crippen LogP contribution in [-0.2, 0) is 17.6 Å². The lowest BCUT2D eigenvalue weighted by atomic mass is 9.87. The molecular formula is C23H23F3N6O2S. The van der Waals surface area contributed by atoms with Crippen molar-refractivity contribution in [1.82, 2.24) is 24.5 Å². The van der Waals surface area contributed by atoms with Crippen molar-refractivity contribution >= 4 is 44.5 Å². The van der Waals surface area contributed by atoms with E-state index in [0.29, 0.717) is 30.8 Å². The van der Waals surface area contributed by atoms with Crippen LogP contribution in [0, 0.1) is 5.92 Å². The quantitative estimate of drug-likeness (QED) is 0.413. The molecule has 4 aromatic rings. The van der Waals surface area contributed by atoms with Crippen LogP contribution in [0.4, 0.5) is 24.7 Å². The molecule has 0 radical (unpaired) electrons. The molecule has 0 spiro atoms. The number of nitrogens with zero attached hydrogens (tertiary/aromatic N) is 5. The molecule has 1 N–H and O–H groups in total. The number of aryl methyl sites for hydroxylation is 1. The van der Waals surface area contributed by atoms with Crippen molar-refractivity contribution in [2.24, 2.45) is 5.92 Å². The van der Waals surface area contributed by atoms with E-state index in [9.17, 15) is 18.0 Å². The first-order valence-corrected chi connectivity index (χ1v) is 11.9. The van der Waals surface area contributed by atoms with Crippen LogP contribution in [-0.4, -0.2) is 57.3 Å². The van der Waals surface area contributed by atoms with E-state index in [4.69, 9.17) is 4.74 Å². The summed E-state index contributed by atoms with van der Waals surface area (Å²) in [6.45, 7) is -0.332. The van der Waals surface area contributed by atoms with Crippen LogP contribution < -0.4 is 10.1 Å². The van der Waals surface area contributed by atoms with Gasteiger partial charge in [-0.05, 0) is 37.0 Å². The molecule has 1 aliphatic carbocycles. The van der Waals surface area contributed by atoms with Gasteiger partial charge in [-0.25, -0.2) is 14.5 Å². The highest BCUT2D eigenvalue weighted by molar-refractivity contribution is 7.19. The van der Waals surface area contributed by atoms with E-state index in [-0.39, 0.29) is 18.4 Å². The second-order valence-electron chi connectivity index (χ2n) is 8.55. The fourth-order valence-corrected chi connectivity index (χ4v) is 5.73. The van der Waals surface area contributed by atoms with Crippen LogP contribution in [0.2, 0.25) is 0 Å². The Labute approximate surface area is 202 Å². The second-order valence-corrected chi connectivity index (χ2v) is 9.64. The summed E-state index contributed by atoms with van der Waals surface area (Å²) in [4.78, 5) is 24.7. The molecule has 0 saturated carbocycles. The molecule has 1 aliphatic rings. The highest BCUT2D eigenvalue weighted by Gasteiger charge is 2.33. The Morgan fingerprint density at radius 2 is 2.20 bits per heavy atom. The number of alkyl halides is 3. The van der Waals surface area contributed by atoms with Gasteiger partial charge in [0.25, 0.3) is 0 Å². The van der Waals surface area contributed by atoms with E-state index in [1.807, 2.05) is 12.1 Å². The number of fused-ring (bicyclic) bond motifs is 4. The van der Waals surface area contributed by atoms with Crippen LogP contribution in [0.15, 0.2) is 30.9 Å². The number of methoxy groups -OCH3 is 1. The van der Waals surface area contributed by atoms with Gasteiger partial charge >= 0.3 is 6.18 Å². The van der Waals surface area contributed by atoms with Crippen molar-refractivity contribution in [3.8, 4) is 5.75 Å². The van der Waals surface area contributed by atoms with Crippen LogP contribution in [0.5, 0.6) is 5.75 Å². The topological polar surface area (TPSA) is 84.6 Å². The summed E-state index contributed by atoms with van der Waals surface area (Å²) >= 11 is 1.50. The number of rotatable bonds is 6. The zero-order valence-corrected chi connectivity index (χ0v) is 19.9. The Kier molecular flexibility index (Phi) is 5.99. The Morgan fingerprint density at radius 1 is 1.37 bits per heavy atom. The highest BCUT2D eigenvalue weighted by Crippen LogP contribution is 2.41. The zero-order valence-electron chi connectivity index (χ0n) is 19.1. The predicted octanol–water partition coefficient (Wildman–Crippen LogP) is 4.61. The number of pyridine rings is 1. The number of anilines is 2. The first kappa shape index (κ1) is 23.3. The number of carbonyl (C=O) groups excluding carboxylic acids is 1. The van der Waals surface area contributed by atoms with Gasteiger partial charge < -0.3 is 15.0 Å². The Hall–Kier alpha value is -3.41. The molecule has 184 valence electrons. The fraction of sp³-hybridized carbons (Fsp3) is 0.391. The predicted molar refractivity (Wildman–Crippen MR) is 126 cm³/mol. The molecule has 4 aromatic heterocycles. The van der Waals surface area contributed by atoms with E-state index in [0.717, 1.165) is 31.9 Å². The van der Waals surface area contributed by atoms with Crippen LogP contribution in [0.3, 0.4) is 0 Å². The first-order valence-electron chi connectivity index (χ1n) is 11.1. The lowest BCUT2D eigenvalue weighted by Crippen LogP contribution is -2.37. The van der Waals surface area contributed by atoms with Crippen molar-refractivity contribution in [1.29, 1.82) is 0 Å². The minimum Gasteiger partial charge on any atom is -0.493 e. The maximum absolute atomic E-state index is 12.8. The third kappa shape index (κ3) is 4.62. The molecule has 35 heavy (non-hydrogen) atoms. The van der Waals surface area contributed by atoms with Gasteiger partial charge in [0.1, 0.15) is 17.0 Å². The van der Waals surface area contributed by atoms with E-state index < -0.39 is 12.6 Å². The number of amides is 1. The molecule has 8 nitrogen and oxygen atoms in total. The van der Waals surface area contributed by atoms with Gasteiger partial charge in [-0.3, -0.25) is 4.79 Å². The number of hydrogen-bond donors (Lipinski definition) is 1. The standard InChI is InChI=1S/C23H23F3N6O2S/c1-31(8-6-23(24,25)26)22(33)13-3-4-15-18(9-13)35-21-19(15)20(27-12-28-21)30-16-10-14-5-7-29-32(14)11-17(16)34-2/h5,7,10-13H,3-4,6,8-9H2,1-2H3,(H,27,28,30)/t13-/m0/s1. The molecule has 0 aromatic carbocycles. The SMILES string of the molecule is COc1cn2nccc2cc1Nc1ncnc2sc3c(c12)CC[C@H](C(=O)N(C)CCC(F)(F)F)C3. The summed E-state index contributed by atoms with van der Waals surface area (Å²) in [6, 6.07) is 3.81. The Balaban J connectivity index is 1.41. The maximum atomic E-state index is 12.8. The third-order valence-electron chi connectivity index (χ3n) is 6.27. The molecule has 0 bridgehead atoms. The number of aromatic nitrogens is 4. The average molecular weight is 505 g/mol. The molecule has 4 heterocycles. The van der Waals surface area contributed by atoms with Gasteiger partial charge in [0.15, 0.2) is 5.75 Å². The van der Waals surface area contributed by atoms with Gasteiger partial charge in [0.05, 0.1) is 36.3 Å². The number of halogens is 3. The smallest absolute Gasteiger partial charge is 0.390 e. The van der Waals surface area contributed by atoms with E-state index in [1.54, 1.807) is 24.0 Å². The summed E-state index contributed by atoms with van der Waals surface area (Å²) in [5, 5.41) is 8.51. The molecule has 5 rings (SSSR count). The molecule has 12 heteroatoms. The fourth-order valence-electron chi connectivity index (χ4n) is 4.47. The minimum absolute atomic E-state index is 0.249. The van der Waals surface area contributed by atoms with E-state index in [1.165, 1.54) is 29.6 Å². The normalized spacial score (nSPS) is 15.9. The summed E-state index contributed by atoms with van der Waals surface area (Å²) in [7, 11) is 3.02. The Bertz CT molecular complexity index is 1400. The largest absolute Gasteiger partial charge is 0.493 e. The number of hydrogen-bond acceptors (Lipinski definition) is 7. The number of carbonyl (C=O) groups is 1. The number of ether oxygens (including phenoxy) is 1. The summed E-state index contributed by atoms with van der Waals surface area (Å²) < 4.78 is 45.0. The average Bonchev–Trinajstić information content (AvgIpc) is 3.44. The molecular weight excluding hydrogens is 481 g/mol. The lowest BCUT2D eigenvalue weighted by Gasteiger charge is -2.27. The highest BCUT2D eigenvalue weighted by atomic mass is 32.1. The van der Waals surface area contributed by atoms with Crippen LogP contribution in [0.1, 0.15) is 23.3 Å². The van der Waals surface area contributed by atoms with Crippen molar-refractivity contribution in [2.45, 2.75) is 31.9 Å². The second kappa shape index (κ2) is 8.99. The van der Waals surface area contributed by atoms with E-state index in [2.05, 4.69) is 20.4 Å². The number of thiophene rings is 1. The Morgan fingerprint density at radius 3 is 2.97 bits per heavy atom. The zero-order chi connectivity index (χ0) is 24.7. The monoisotopic (exact) mass is 504 g/mol. The molecule has 0 saturated heterocycles. The van der Waals surface area contributed by atoms with Crippen molar-refractivity contribution in [2.75, 3.05) is 26.0 Å². The first-order chi connectivity index (χ1) is 16.7. The van der Waals surface area contributed by atoms with Crippen LogP contribution in [0.25, 0.3) is 15.7 Å². The van der Waals surface area contributed by atoms with Gasteiger partial charge in [-0.1, -0.05) is 0 Å². The molecule has 1 amide bonds. The van der Waals surface area contributed by atoms with Gasteiger partial charge in [0, 0.05) is 30.6 Å². The maximum Gasteiger partial charge on any atom is 0.390 e. The van der Waals surface area contributed by atoms with Gasteiger partial charge in [0.2, 0.25) is 5.91 Å². The summed E-state index contributed by atoms with van der Waals surface area (Å²) in [5.74, 6) is 0.648. The lowest BCUT2D eigenvalue weighted by molar-refractivity contribution is -0.146. The molecule has 0 aliphatic heterocycles. The molecule has 0 fully saturated rings. The minimum atomic E-state index is -4.28. The van der Waals surface area contributed by atoms with Crippen molar-refractivity contribution in [3.05, 3.63) is 41.3 Å². The molecule has 1 atom stereocenters. The summed E-state index contributed by atoms with van der Waals surface area (Å²) in [6.07, 6.45) is 1.36. The summed E-state index contributed by atoms with van der Waals surface area (Å²) in [5.41, 5.74) is 2.71. The molecule has 0 unspecified atom stereocenters.